The van der Waals surface area contributed by atoms with Crippen molar-refractivity contribution in [1.82, 2.24) is 0 Å². The van der Waals surface area contributed by atoms with Crippen LogP contribution in [0.25, 0.3) is 0 Å². The number of halogens is 4. The van der Waals surface area contributed by atoms with Crippen molar-refractivity contribution in [3.05, 3.63) is 61.5 Å². The van der Waals surface area contributed by atoms with Gasteiger partial charge in [0, 0.05) is 27.7 Å². The van der Waals surface area contributed by atoms with Gasteiger partial charge in [-0.25, -0.2) is 0 Å². The molecule has 0 unspecified atom stereocenters. The smallest absolute Gasteiger partial charge is 0.124 e. The van der Waals surface area contributed by atoms with Crippen LogP contribution in [0.2, 0.25) is 20.1 Å². The highest BCUT2D eigenvalue weighted by Crippen LogP contribution is 2.33. The van der Waals surface area contributed by atoms with Crippen LogP contribution < -0.4 is 10.5 Å². The molecule has 6 heteroatoms. The SMILES string of the molecule is NCc1cc(Cl)ccc1OCc1c(Cl)ccc(Cl)c1Cl. The van der Waals surface area contributed by atoms with Gasteiger partial charge in [0.1, 0.15) is 12.4 Å². The maximum absolute atomic E-state index is 6.12. The molecule has 0 aliphatic heterocycles. The van der Waals surface area contributed by atoms with Gasteiger partial charge in [-0.05, 0) is 30.3 Å². The summed E-state index contributed by atoms with van der Waals surface area (Å²) >= 11 is 24.1. The van der Waals surface area contributed by atoms with E-state index in [-0.39, 0.29) is 6.61 Å². The Bertz CT molecular complexity index is 631. The van der Waals surface area contributed by atoms with Gasteiger partial charge in [0.2, 0.25) is 0 Å². The average Bonchev–Trinajstić information content (AvgIpc) is 2.44. The van der Waals surface area contributed by atoms with Gasteiger partial charge in [-0.2, -0.15) is 0 Å². The number of hydrogen-bond acceptors (Lipinski definition) is 2. The topological polar surface area (TPSA) is 35.2 Å². The van der Waals surface area contributed by atoms with E-state index in [1.54, 1.807) is 30.3 Å². The first kappa shape index (κ1) is 15.7. The fourth-order valence-electron chi connectivity index (χ4n) is 1.70. The predicted molar refractivity (Wildman–Crippen MR) is 85.1 cm³/mol. The van der Waals surface area contributed by atoms with Crippen molar-refractivity contribution < 1.29 is 4.74 Å². The van der Waals surface area contributed by atoms with Gasteiger partial charge in [-0.1, -0.05) is 46.4 Å². The highest BCUT2D eigenvalue weighted by molar-refractivity contribution is 6.44. The minimum absolute atomic E-state index is 0.201. The first-order valence-electron chi connectivity index (χ1n) is 5.76. The Balaban J connectivity index is 2.23. The van der Waals surface area contributed by atoms with Crippen LogP contribution in [0, 0.1) is 0 Å². The predicted octanol–water partition coefficient (Wildman–Crippen LogP) is 5.34. The third-order valence-corrected chi connectivity index (χ3v) is 4.19. The second kappa shape index (κ2) is 6.88. The zero-order valence-corrected chi connectivity index (χ0v) is 13.3. The molecule has 0 radical (unpaired) electrons. The molecule has 0 spiro atoms. The molecule has 0 aliphatic carbocycles. The molecule has 0 fully saturated rings. The second-order valence-corrected chi connectivity index (χ2v) is 5.70. The van der Waals surface area contributed by atoms with E-state index in [1.807, 2.05) is 0 Å². The highest BCUT2D eigenvalue weighted by atomic mass is 35.5. The lowest BCUT2D eigenvalue weighted by molar-refractivity contribution is 0.303. The molecule has 0 saturated heterocycles. The van der Waals surface area contributed by atoms with Crippen LogP contribution in [-0.4, -0.2) is 0 Å². The van der Waals surface area contributed by atoms with E-state index in [0.717, 1.165) is 5.56 Å². The average molecular weight is 351 g/mol. The Labute approximate surface area is 137 Å². The van der Waals surface area contributed by atoms with Crippen molar-refractivity contribution in [2.75, 3.05) is 0 Å². The number of hydrogen-bond donors (Lipinski definition) is 1. The summed E-state index contributed by atoms with van der Waals surface area (Å²) in [5.74, 6) is 0.643. The van der Waals surface area contributed by atoms with E-state index in [0.29, 0.717) is 37.9 Å². The van der Waals surface area contributed by atoms with Gasteiger partial charge in [0.15, 0.2) is 0 Å². The van der Waals surface area contributed by atoms with E-state index in [1.165, 1.54) is 0 Å². The molecule has 106 valence electrons. The van der Waals surface area contributed by atoms with Crippen LogP contribution in [0.5, 0.6) is 5.75 Å². The highest BCUT2D eigenvalue weighted by Gasteiger charge is 2.11. The van der Waals surface area contributed by atoms with Crippen LogP contribution in [0.4, 0.5) is 0 Å². The van der Waals surface area contributed by atoms with E-state index < -0.39 is 0 Å². The first-order chi connectivity index (χ1) is 9.52. The van der Waals surface area contributed by atoms with Crippen LogP contribution in [0.15, 0.2) is 30.3 Å². The second-order valence-electron chi connectivity index (χ2n) is 4.07. The van der Waals surface area contributed by atoms with Crippen LogP contribution in [-0.2, 0) is 13.2 Å². The first-order valence-corrected chi connectivity index (χ1v) is 7.27. The zero-order chi connectivity index (χ0) is 14.7. The Morgan fingerprint density at radius 3 is 2.35 bits per heavy atom. The van der Waals surface area contributed by atoms with Gasteiger partial charge >= 0.3 is 0 Å². The molecule has 0 aromatic heterocycles. The largest absolute Gasteiger partial charge is 0.488 e. The van der Waals surface area contributed by atoms with E-state index in [4.69, 9.17) is 56.9 Å². The minimum atomic E-state index is 0.201. The third-order valence-electron chi connectivity index (χ3n) is 2.75. The molecule has 0 amide bonds. The van der Waals surface area contributed by atoms with E-state index in [9.17, 15) is 0 Å². The summed E-state index contributed by atoms with van der Waals surface area (Å²) in [6, 6.07) is 8.58. The molecule has 2 N–H and O–H groups in total. The molecule has 20 heavy (non-hydrogen) atoms. The van der Waals surface area contributed by atoms with Crippen LogP contribution >= 0.6 is 46.4 Å². The number of ether oxygens (including phenoxy) is 1. The number of rotatable bonds is 4. The Morgan fingerprint density at radius 1 is 0.950 bits per heavy atom. The molecule has 0 saturated carbocycles. The molecule has 2 nitrogen and oxygen atoms in total. The van der Waals surface area contributed by atoms with E-state index in [2.05, 4.69) is 0 Å². The summed E-state index contributed by atoms with van der Waals surface area (Å²) in [7, 11) is 0. The Morgan fingerprint density at radius 2 is 1.65 bits per heavy atom. The molecule has 0 heterocycles. The summed E-state index contributed by atoms with van der Waals surface area (Å²) in [4.78, 5) is 0. The van der Waals surface area contributed by atoms with Crippen molar-refractivity contribution in [2.24, 2.45) is 5.73 Å². The van der Waals surface area contributed by atoms with Gasteiger partial charge in [-0.3, -0.25) is 0 Å². The Hall–Kier alpha value is -0.640. The Kier molecular flexibility index (Phi) is 5.42. The maximum Gasteiger partial charge on any atom is 0.124 e. The standard InChI is InChI=1S/C14H11Cl4NO/c15-9-1-4-13(8(5-9)6-19)20-7-10-11(16)2-3-12(17)14(10)18/h1-5H,6-7,19H2. The third kappa shape index (κ3) is 3.51. The minimum Gasteiger partial charge on any atom is -0.488 e. The molecule has 2 aromatic carbocycles. The molecule has 2 rings (SSSR count). The van der Waals surface area contributed by atoms with Crippen molar-refractivity contribution >= 4 is 46.4 Å². The maximum atomic E-state index is 6.12. The zero-order valence-electron chi connectivity index (χ0n) is 10.3. The van der Waals surface area contributed by atoms with Gasteiger partial charge < -0.3 is 10.5 Å². The van der Waals surface area contributed by atoms with E-state index >= 15 is 0 Å². The van der Waals surface area contributed by atoms with Gasteiger partial charge in [0.05, 0.1) is 10.0 Å². The quantitative estimate of drug-likeness (QED) is 0.755. The molecule has 0 aliphatic rings. The summed E-state index contributed by atoms with van der Waals surface area (Å²) in [5.41, 5.74) is 7.11. The van der Waals surface area contributed by atoms with Crippen LogP contribution in [0.1, 0.15) is 11.1 Å². The lowest BCUT2D eigenvalue weighted by atomic mass is 10.2. The monoisotopic (exact) mass is 349 g/mol. The van der Waals surface area contributed by atoms with Crippen molar-refractivity contribution in [3.8, 4) is 5.75 Å². The summed E-state index contributed by atoms with van der Waals surface area (Å²) in [5, 5.41) is 1.94. The molecule has 0 bridgehead atoms. The lowest BCUT2D eigenvalue weighted by Crippen LogP contribution is -2.03. The number of benzene rings is 2. The fourth-order valence-corrected chi connectivity index (χ4v) is 2.55. The van der Waals surface area contributed by atoms with Crippen molar-refractivity contribution in [3.63, 3.8) is 0 Å². The van der Waals surface area contributed by atoms with Gasteiger partial charge in [0.25, 0.3) is 0 Å². The van der Waals surface area contributed by atoms with Crippen molar-refractivity contribution in [2.45, 2.75) is 13.2 Å². The summed E-state index contributed by atoms with van der Waals surface area (Å²) in [6.07, 6.45) is 0. The van der Waals surface area contributed by atoms with Gasteiger partial charge in [-0.15, -0.1) is 0 Å². The normalized spacial score (nSPS) is 10.7. The molecular weight excluding hydrogens is 340 g/mol. The van der Waals surface area contributed by atoms with Crippen molar-refractivity contribution in [1.29, 1.82) is 0 Å². The molecule has 2 aromatic rings. The summed E-state index contributed by atoms with van der Waals surface area (Å²) < 4.78 is 5.72. The number of nitrogens with two attached hydrogens (primary N) is 1. The molecule has 0 atom stereocenters. The summed E-state index contributed by atoms with van der Waals surface area (Å²) in [6.45, 7) is 0.528. The lowest BCUT2D eigenvalue weighted by Gasteiger charge is -2.13. The van der Waals surface area contributed by atoms with Crippen LogP contribution in [0.3, 0.4) is 0 Å². The molecular formula is C14H11Cl4NO. The fraction of sp³-hybridized carbons (Fsp3) is 0.143.